The van der Waals surface area contributed by atoms with Gasteiger partial charge >= 0.3 is 0 Å². The van der Waals surface area contributed by atoms with Gasteiger partial charge in [0, 0.05) is 7.11 Å². The van der Waals surface area contributed by atoms with Gasteiger partial charge in [0.15, 0.2) is 0 Å². The minimum atomic E-state index is -0.646. The van der Waals surface area contributed by atoms with Crippen LogP contribution in [0.1, 0.15) is 29.8 Å². The van der Waals surface area contributed by atoms with Crippen molar-refractivity contribution >= 4 is 5.91 Å². The molecule has 1 aromatic heterocycles. The molecule has 1 saturated carbocycles. The molecule has 17 heavy (non-hydrogen) atoms. The molecule has 92 valence electrons. The third-order valence-electron chi connectivity index (χ3n) is 3.02. The number of nitrogens with zero attached hydrogens (tertiary/aromatic N) is 1. The highest BCUT2D eigenvalue weighted by atomic mass is 19.1. The molecule has 0 aromatic carbocycles. The summed E-state index contributed by atoms with van der Waals surface area (Å²) in [7, 11) is 1.63. The zero-order chi connectivity index (χ0) is 12.3. The molecule has 1 heterocycles. The lowest BCUT2D eigenvalue weighted by molar-refractivity contribution is 0.0718. The fourth-order valence-corrected chi connectivity index (χ4v) is 2.15. The van der Waals surface area contributed by atoms with E-state index in [0.29, 0.717) is 0 Å². The second kappa shape index (κ2) is 5.23. The van der Waals surface area contributed by atoms with Crippen LogP contribution in [-0.2, 0) is 4.74 Å². The van der Waals surface area contributed by atoms with Crippen molar-refractivity contribution < 1.29 is 13.9 Å². The minimum Gasteiger partial charge on any atom is -0.379 e. The Morgan fingerprint density at radius 1 is 1.53 bits per heavy atom. The highest BCUT2D eigenvalue weighted by Gasteiger charge is 2.28. The molecular weight excluding hydrogens is 223 g/mol. The number of carbonyl (C=O) groups is 1. The first kappa shape index (κ1) is 12.0. The van der Waals surface area contributed by atoms with Gasteiger partial charge in [0.1, 0.15) is 5.69 Å². The number of pyridine rings is 1. The first-order valence-corrected chi connectivity index (χ1v) is 5.67. The molecule has 0 aliphatic heterocycles. The van der Waals surface area contributed by atoms with E-state index in [-0.39, 0.29) is 23.7 Å². The Bertz CT molecular complexity index is 411. The van der Waals surface area contributed by atoms with E-state index >= 15 is 0 Å². The second-order valence-electron chi connectivity index (χ2n) is 4.13. The molecule has 2 unspecified atom stereocenters. The third kappa shape index (κ3) is 2.79. The highest BCUT2D eigenvalue weighted by molar-refractivity contribution is 5.92. The number of hydrogen-bond donors (Lipinski definition) is 1. The van der Waals surface area contributed by atoms with Crippen molar-refractivity contribution in [1.29, 1.82) is 0 Å². The Morgan fingerprint density at radius 3 is 3.06 bits per heavy atom. The maximum Gasteiger partial charge on any atom is 0.270 e. The lowest BCUT2D eigenvalue weighted by atomic mass is 10.2. The maximum atomic E-state index is 12.9. The largest absolute Gasteiger partial charge is 0.379 e. The van der Waals surface area contributed by atoms with E-state index in [0.717, 1.165) is 19.3 Å². The average Bonchev–Trinajstić information content (AvgIpc) is 2.76. The molecule has 0 saturated heterocycles. The summed E-state index contributed by atoms with van der Waals surface area (Å²) < 4.78 is 18.1. The van der Waals surface area contributed by atoms with E-state index in [1.165, 1.54) is 18.2 Å². The van der Waals surface area contributed by atoms with E-state index in [1.54, 1.807) is 7.11 Å². The van der Waals surface area contributed by atoms with Gasteiger partial charge in [-0.15, -0.1) is 0 Å². The number of carbonyl (C=O) groups excluding carboxylic acids is 1. The molecule has 1 amide bonds. The molecule has 4 nitrogen and oxygen atoms in total. The van der Waals surface area contributed by atoms with Crippen molar-refractivity contribution in [3.05, 3.63) is 29.8 Å². The lowest BCUT2D eigenvalue weighted by Crippen LogP contribution is -2.41. The molecule has 2 rings (SSSR count). The SMILES string of the molecule is COC1CCCC1NC(=O)c1cccc(F)n1. The number of ether oxygens (including phenoxy) is 1. The minimum absolute atomic E-state index is 0.00225. The summed E-state index contributed by atoms with van der Waals surface area (Å²) in [6.45, 7) is 0. The number of amides is 1. The molecule has 1 aliphatic carbocycles. The van der Waals surface area contributed by atoms with Crippen LogP contribution < -0.4 is 5.32 Å². The van der Waals surface area contributed by atoms with Crippen LogP contribution in [0.2, 0.25) is 0 Å². The van der Waals surface area contributed by atoms with Crippen LogP contribution in [0, 0.1) is 5.95 Å². The average molecular weight is 238 g/mol. The standard InChI is InChI=1S/C12H15FN2O2/c1-17-10-6-2-4-8(10)15-12(16)9-5-3-7-11(13)14-9/h3,5,7-8,10H,2,4,6H2,1H3,(H,15,16). The van der Waals surface area contributed by atoms with Crippen molar-refractivity contribution in [3.8, 4) is 0 Å². The first-order valence-electron chi connectivity index (χ1n) is 5.67. The van der Waals surface area contributed by atoms with E-state index in [1.807, 2.05) is 0 Å². The number of hydrogen-bond acceptors (Lipinski definition) is 3. The van der Waals surface area contributed by atoms with Gasteiger partial charge in [-0.25, -0.2) is 4.98 Å². The van der Waals surface area contributed by atoms with Gasteiger partial charge in [-0.05, 0) is 31.4 Å². The number of methoxy groups -OCH3 is 1. The van der Waals surface area contributed by atoms with Gasteiger partial charge in [0.05, 0.1) is 12.1 Å². The number of nitrogens with one attached hydrogen (secondary N) is 1. The van der Waals surface area contributed by atoms with Gasteiger partial charge in [0.2, 0.25) is 5.95 Å². The van der Waals surface area contributed by atoms with Crippen LogP contribution in [0.5, 0.6) is 0 Å². The van der Waals surface area contributed by atoms with Gasteiger partial charge in [-0.1, -0.05) is 6.07 Å². The summed E-state index contributed by atoms with van der Waals surface area (Å²) in [5.74, 6) is -0.995. The summed E-state index contributed by atoms with van der Waals surface area (Å²) in [6.07, 6.45) is 2.91. The van der Waals surface area contributed by atoms with Crippen LogP contribution >= 0.6 is 0 Å². The highest BCUT2D eigenvalue weighted by Crippen LogP contribution is 2.21. The molecule has 0 radical (unpaired) electrons. The van der Waals surface area contributed by atoms with Crippen LogP contribution in [0.15, 0.2) is 18.2 Å². The monoisotopic (exact) mass is 238 g/mol. The molecule has 1 aliphatic rings. The van der Waals surface area contributed by atoms with E-state index in [4.69, 9.17) is 4.74 Å². The molecule has 5 heteroatoms. The maximum absolute atomic E-state index is 12.9. The Kier molecular flexibility index (Phi) is 3.68. The first-order chi connectivity index (χ1) is 8.20. The zero-order valence-electron chi connectivity index (χ0n) is 9.65. The molecular formula is C12H15FN2O2. The summed E-state index contributed by atoms with van der Waals surface area (Å²) in [5, 5.41) is 2.83. The predicted molar refractivity (Wildman–Crippen MR) is 60.1 cm³/mol. The molecule has 1 fully saturated rings. The van der Waals surface area contributed by atoms with Crippen molar-refractivity contribution in [2.24, 2.45) is 0 Å². The fraction of sp³-hybridized carbons (Fsp3) is 0.500. The van der Waals surface area contributed by atoms with Crippen LogP contribution in [0.3, 0.4) is 0 Å². The second-order valence-corrected chi connectivity index (χ2v) is 4.13. The van der Waals surface area contributed by atoms with Gasteiger partial charge in [-0.2, -0.15) is 4.39 Å². The normalized spacial score (nSPS) is 23.6. The Balaban J connectivity index is 2.01. The van der Waals surface area contributed by atoms with E-state index in [9.17, 15) is 9.18 Å². The van der Waals surface area contributed by atoms with Crippen molar-refractivity contribution in [1.82, 2.24) is 10.3 Å². The van der Waals surface area contributed by atoms with Gasteiger partial charge in [0.25, 0.3) is 5.91 Å². The smallest absolute Gasteiger partial charge is 0.270 e. The molecule has 1 N–H and O–H groups in total. The topological polar surface area (TPSA) is 51.2 Å². The Hall–Kier alpha value is -1.49. The summed E-state index contributed by atoms with van der Waals surface area (Å²) in [6, 6.07) is 4.18. The third-order valence-corrected chi connectivity index (χ3v) is 3.02. The Morgan fingerprint density at radius 2 is 2.35 bits per heavy atom. The Labute approximate surface area is 99.2 Å². The molecule has 0 spiro atoms. The number of aromatic nitrogens is 1. The van der Waals surface area contributed by atoms with E-state index in [2.05, 4.69) is 10.3 Å². The molecule has 0 bridgehead atoms. The van der Waals surface area contributed by atoms with Crippen molar-refractivity contribution in [3.63, 3.8) is 0 Å². The number of rotatable bonds is 3. The van der Waals surface area contributed by atoms with Crippen molar-refractivity contribution in [2.75, 3.05) is 7.11 Å². The summed E-state index contributed by atoms with van der Waals surface area (Å²) in [4.78, 5) is 15.4. The molecule has 2 atom stereocenters. The van der Waals surface area contributed by atoms with Crippen LogP contribution in [0.25, 0.3) is 0 Å². The van der Waals surface area contributed by atoms with E-state index < -0.39 is 5.95 Å². The van der Waals surface area contributed by atoms with Crippen molar-refractivity contribution in [2.45, 2.75) is 31.4 Å². The van der Waals surface area contributed by atoms with Gasteiger partial charge in [-0.3, -0.25) is 4.79 Å². The quantitative estimate of drug-likeness (QED) is 0.812. The molecule has 1 aromatic rings. The number of halogens is 1. The van der Waals surface area contributed by atoms with Crippen LogP contribution in [-0.4, -0.2) is 30.1 Å². The fourth-order valence-electron chi connectivity index (χ4n) is 2.15. The zero-order valence-corrected chi connectivity index (χ0v) is 9.65. The predicted octanol–water partition coefficient (Wildman–Crippen LogP) is 1.52. The lowest BCUT2D eigenvalue weighted by Gasteiger charge is -2.19. The van der Waals surface area contributed by atoms with Crippen LogP contribution in [0.4, 0.5) is 4.39 Å². The summed E-state index contributed by atoms with van der Waals surface area (Å²) in [5.41, 5.74) is 0.103. The van der Waals surface area contributed by atoms with Gasteiger partial charge < -0.3 is 10.1 Å². The summed E-state index contributed by atoms with van der Waals surface area (Å²) >= 11 is 0.